The van der Waals surface area contributed by atoms with Crippen LogP contribution in [0.3, 0.4) is 0 Å². The maximum Gasteiger partial charge on any atom is 0.238 e. The van der Waals surface area contributed by atoms with Crippen LogP contribution in [0.5, 0.6) is 5.75 Å². The molecule has 0 unspecified atom stereocenters. The lowest BCUT2D eigenvalue weighted by molar-refractivity contribution is 0.340. The predicted molar refractivity (Wildman–Crippen MR) is 120 cm³/mol. The minimum Gasteiger partial charge on any atom is -0.494 e. The largest absolute Gasteiger partial charge is 0.494 e. The molecule has 0 spiro atoms. The molecule has 2 aromatic heterocycles. The summed E-state index contributed by atoms with van der Waals surface area (Å²) in [5.74, 6) is 1.47. The van der Waals surface area contributed by atoms with Gasteiger partial charge >= 0.3 is 0 Å². The first-order chi connectivity index (χ1) is 14.4. The minimum absolute atomic E-state index is 0.0577. The molecule has 0 aliphatic carbocycles. The van der Waals surface area contributed by atoms with Crippen molar-refractivity contribution < 1.29 is 13.2 Å². The van der Waals surface area contributed by atoms with Gasteiger partial charge < -0.3 is 10.1 Å². The van der Waals surface area contributed by atoms with Gasteiger partial charge in [-0.1, -0.05) is 12.1 Å². The first kappa shape index (κ1) is 20.3. The van der Waals surface area contributed by atoms with Crippen molar-refractivity contribution in [3.05, 3.63) is 59.7 Å². The van der Waals surface area contributed by atoms with Crippen LogP contribution in [-0.2, 0) is 10.0 Å². The Hall–Kier alpha value is -3.01. The average Bonchev–Trinajstić information content (AvgIpc) is 3.05. The van der Waals surface area contributed by atoms with Gasteiger partial charge in [-0.15, -0.1) is 11.3 Å². The van der Waals surface area contributed by atoms with Gasteiger partial charge in [0, 0.05) is 16.1 Å². The van der Waals surface area contributed by atoms with Gasteiger partial charge in [0.15, 0.2) is 0 Å². The van der Waals surface area contributed by atoms with E-state index in [9.17, 15) is 8.42 Å². The average molecular weight is 441 g/mol. The third-order valence-corrected chi connectivity index (χ3v) is 6.51. The van der Waals surface area contributed by atoms with Gasteiger partial charge in [-0.05, 0) is 55.8 Å². The molecule has 7 nitrogen and oxygen atoms in total. The highest BCUT2D eigenvalue weighted by Crippen LogP contribution is 2.41. The molecule has 0 amide bonds. The number of thiophene rings is 1. The zero-order valence-corrected chi connectivity index (χ0v) is 18.0. The number of ether oxygens (including phenoxy) is 1. The standard InChI is InChI=1S/C21H20N4O3S2/c1-3-28-16-8-4-14(5-9-16)18-13(2)29-21-19(18)20(23-12-24-21)25-15-6-10-17(11-7-15)30(22,26)27/h4-12H,3H2,1-2H3,(H2,22,26,27)(H,23,24,25). The number of nitrogens with two attached hydrogens (primary N) is 1. The van der Waals surface area contributed by atoms with Crippen molar-refractivity contribution in [1.29, 1.82) is 0 Å². The Labute approximate surface area is 178 Å². The Balaban J connectivity index is 1.76. The summed E-state index contributed by atoms with van der Waals surface area (Å²) in [5.41, 5.74) is 2.80. The van der Waals surface area contributed by atoms with Gasteiger partial charge in [-0.2, -0.15) is 0 Å². The van der Waals surface area contributed by atoms with Crippen LogP contribution in [-0.4, -0.2) is 25.0 Å². The smallest absolute Gasteiger partial charge is 0.238 e. The lowest BCUT2D eigenvalue weighted by Crippen LogP contribution is -2.11. The first-order valence-corrected chi connectivity index (χ1v) is 11.6. The molecule has 0 radical (unpaired) electrons. The van der Waals surface area contributed by atoms with Gasteiger partial charge in [-0.25, -0.2) is 23.5 Å². The zero-order valence-electron chi connectivity index (χ0n) is 16.4. The van der Waals surface area contributed by atoms with Crippen LogP contribution in [0.1, 0.15) is 11.8 Å². The summed E-state index contributed by atoms with van der Waals surface area (Å²) in [5, 5.41) is 9.37. The molecule has 0 bridgehead atoms. The highest BCUT2D eigenvalue weighted by atomic mass is 32.2. The van der Waals surface area contributed by atoms with E-state index in [1.807, 2.05) is 31.2 Å². The quantitative estimate of drug-likeness (QED) is 0.458. The molecular weight excluding hydrogens is 420 g/mol. The third kappa shape index (κ3) is 4.00. The Morgan fingerprint density at radius 3 is 2.40 bits per heavy atom. The molecular formula is C21H20N4O3S2. The van der Waals surface area contributed by atoms with Gasteiger partial charge in [0.25, 0.3) is 0 Å². The normalized spacial score (nSPS) is 11.6. The van der Waals surface area contributed by atoms with E-state index < -0.39 is 10.0 Å². The SMILES string of the molecule is CCOc1ccc(-c2c(C)sc3ncnc(Nc4ccc(S(N)(=O)=O)cc4)c23)cc1. The lowest BCUT2D eigenvalue weighted by atomic mass is 10.0. The van der Waals surface area contributed by atoms with Crippen molar-refractivity contribution in [3.8, 4) is 16.9 Å². The van der Waals surface area contributed by atoms with Crippen molar-refractivity contribution in [2.45, 2.75) is 18.7 Å². The molecule has 0 saturated heterocycles. The molecule has 2 heterocycles. The van der Waals surface area contributed by atoms with Gasteiger partial charge in [0.05, 0.1) is 16.9 Å². The summed E-state index contributed by atoms with van der Waals surface area (Å²) in [6.07, 6.45) is 1.52. The molecule has 30 heavy (non-hydrogen) atoms. The van der Waals surface area contributed by atoms with Crippen LogP contribution >= 0.6 is 11.3 Å². The van der Waals surface area contributed by atoms with Crippen LogP contribution in [0.4, 0.5) is 11.5 Å². The Bertz CT molecular complexity index is 1300. The van der Waals surface area contributed by atoms with Gasteiger partial charge in [-0.3, -0.25) is 0 Å². The summed E-state index contributed by atoms with van der Waals surface area (Å²) in [6.45, 7) is 4.63. The molecule has 9 heteroatoms. The predicted octanol–water partition coefficient (Wildman–Crippen LogP) is 4.46. The summed E-state index contributed by atoms with van der Waals surface area (Å²) in [7, 11) is -3.74. The number of anilines is 2. The Kier molecular flexibility index (Phi) is 5.42. The van der Waals surface area contributed by atoms with E-state index in [1.165, 1.54) is 18.5 Å². The van der Waals surface area contributed by atoms with E-state index in [4.69, 9.17) is 9.88 Å². The second-order valence-electron chi connectivity index (χ2n) is 6.59. The molecule has 154 valence electrons. The van der Waals surface area contributed by atoms with Gasteiger partial charge in [0.2, 0.25) is 10.0 Å². The number of benzene rings is 2. The minimum atomic E-state index is -3.74. The van der Waals surface area contributed by atoms with Crippen LogP contribution in [0.15, 0.2) is 59.8 Å². The summed E-state index contributed by atoms with van der Waals surface area (Å²) >= 11 is 1.60. The van der Waals surface area contributed by atoms with E-state index in [-0.39, 0.29) is 4.90 Å². The van der Waals surface area contributed by atoms with Crippen molar-refractivity contribution in [1.82, 2.24) is 9.97 Å². The molecule has 0 saturated carbocycles. The van der Waals surface area contributed by atoms with E-state index in [1.54, 1.807) is 23.5 Å². The molecule has 0 atom stereocenters. The van der Waals surface area contributed by atoms with Crippen LogP contribution in [0, 0.1) is 6.92 Å². The van der Waals surface area contributed by atoms with Crippen molar-refractivity contribution >= 4 is 43.1 Å². The van der Waals surface area contributed by atoms with E-state index in [0.717, 1.165) is 32.0 Å². The maximum absolute atomic E-state index is 11.5. The zero-order chi connectivity index (χ0) is 21.3. The molecule has 0 aliphatic rings. The van der Waals surface area contributed by atoms with E-state index in [0.29, 0.717) is 18.1 Å². The number of aryl methyl sites for hydroxylation is 1. The molecule has 0 fully saturated rings. The monoisotopic (exact) mass is 440 g/mol. The summed E-state index contributed by atoms with van der Waals surface area (Å²) in [6, 6.07) is 14.2. The summed E-state index contributed by atoms with van der Waals surface area (Å²) < 4.78 is 28.5. The van der Waals surface area contributed by atoms with Crippen LogP contribution in [0.2, 0.25) is 0 Å². The van der Waals surface area contributed by atoms with Crippen molar-refractivity contribution in [2.24, 2.45) is 5.14 Å². The van der Waals surface area contributed by atoms with Crippen molar-refractivity contribution in [2.75, 3.05) is 11.9 Å². The Morgan fingerprint density at radius 2 is 1.77 bits per heavy atom. The molecule has 4 aromatic rings. The maximum atomic E-state index is 11.5. The fraction of sp³-hybridized carbons (Fsp3) is 0.143. The number of rotatable bonds is 6. The molecule has 2 aromatic carbocycles. The second-order valence-corrected chi connectivity index (χ2v) is 9.35. The first-order valence-electron chi connectivity index (χ1n) is 9.24. The van der Waals surface area contributed by atoms with E-state index in [2.05, 4.69) is 22.2 Å². The van der Waals surface area contributed by atoms with Crippen LogP contribution < -0.4 is 15.2 Å². The number of primary sulfonamides is 1. The number of hydrogen-bond donors (Lipinski definition) is 2. The molecule has 0 aliphatic heterocycles. The number of fused-ring (bicyclic) bond motifs is 1. The number of sulfonamides is 1. The van der Waals surface area contributed by atoms with Crippen LogP contribution in [0.25, 0.3) is 21.3 Å². The topological polar surface area (TPSA) is 107 Å². The molecule has 3 N–H and O–H groups in total. The highest BCUT2D eigenvalue weighted by molar-refractivity contribution is 7.89. The Morgan fingerprint density at radius 1 is 1.07 bits per heavy atom. The fourth-order valence-electron chi connectivity index (χ4n) is 3.24. The van der Waals surface area contributed by atoms with Gasteiger partial charge in [0.1, 0.15) is 22.7 Å². The summed E-state index contributed by atoms with van der Waals surface area (Å²) in [4.78, 5) is 10.9. The van der Waals surface area contributed by atoms with Crippen molar-refractivity contribution in [3.63, 3.8) is 0 Å². The van der Waals surface area contributed by atoms with E-state index >= 15 is 0 Å². The second kappa shape index (κ2) is 8.02. The fourth-order valence-corrected chi connectivity index (χ4v) is 4.76. The number of nitrogens with zero attached hydrogens (tertiary/aromatic N) is 2. The lowest BCUT2D eigenvalue weighted by Gasteiger charge is -2.10. The number of hydrogen-bond acceptors (Lipinski definition) is 7. The number of nitrogens with one attached hydrogen (secondary N) is 1. The highest BCUT2D eigenvalue weighted by Gasteiger charge is 2.17. The third-order valence-electron chi connectivity index (χ3n) is 4.56. The molecule has 4 rings (SSSR count). The number of aromatic nitrogens is 2.